The number of rotatable bonds is 2. The van der Waals surface area contributed by atoms with Gasteiger partial charge in [0, 0.05) is 5.03 Å². The van der Waals surface area contributed by atoms with Crippen molar-refractivity contribution in [3.8, 4) is 0 Å². The third kappa shape index (κ3) is 1.25. The van der Waals surface area contributed by atoms with Crippen molar-refractivity contribution in [1.29, 1.82) is 0 Å². The molecule has 10 heavy (non-hydrogen) atoms. The minimum atomic E-state index is -0.788. The fourth-order valence-corrected chi connectivity index (χ4v) is 1.47. The summed E-state index contributed by atoms with van der Waals surface area (Å²) < 4.78 is 0. The molecule has 1 atom stereocenters. The monoisotopic (exact) mass is 158 g/mol. The van der Waals surface area contributed by atoms with Crippen LogP contribution in [-0.4, -0.2) is 10.7 Å². The minimum absolute atomic E-state index is 0.558. The Kier molecular flexibility index (Phi) is 2.17. The molecular formula is C8H11ClO. The summed E-state index contributed by atoms with van der Waals surface area (Å²) in [6.45, 7) is 3.56. The van der Waals surface area contributed by atoms with E-state index in [0.29, 0.717) is 11.5 Å². The molecule has 1 rings (SSSR count). The van der Waals surface area contributed by atoms with Crippen LogP contribution in [-0.2, 0) is 0 Å². The Morgan fingerprint density at radius 3 is 3.00 bits per heavy atom. The summed E-state index contributed by atoms with van der Waals surface area (Å²) in [6, 6.07) is 0. The van der Waals surface area contributed by atoms with E-state index in [1.807, 2.05) is 6.08 Å². The quantitative estimate of drug-likeness (QED) is 0.611. The Bertz CT molecular complexity index is 174. The first-order valence-electron chi connectivity index (χ1n) is 3.38. The van der Waals surface area contributed by atoms with Gasteiger partial charge in [-0.3, -0.25) is 0 Å². The number of halogens is 1. The molecule has 1 aliphatic rings. The fraction of sp³-hybridized carbons (Fsp3) is 0.500. The van der Waals surface area contributed by atoms with Crippen LogP contribution < -0.4 is 0 Å². The minimum Gasteiger partial charge on any atom is -0.384 e. The maximum absolute atomic E-state index is 9.69. The summed E-state index contributed by atoms with van der Waals surface area (Å²) >= 11 is 5.76. The largest absolute Gasteiger partial charge is 0.384 e. The summed E-state index contributed by atoms with van der Waals surface area (Å²) in [5.74, 6) is 0. The molecule has 0 bridgehead atoms. The first kappa shape index (κ1) is 7.83. The highest BCUT2D eigenvalue weighted by Crippen LogP contribution is 2.35. The highest BCUT2D eigenvalue weighted by Gasteiger charge is 2.32. The van der Waals surface area contributed by atoms with Gasteiger partial charge in [-0.1, -0.05) is 23.8 Å². The van der Waals surface area contributed by atoms with Gasteiger partial charge in [0.2, 0.25) is 0 Å². The number of allylic oxidation sites excluding steroid dienone is 1. The van der Waals surface area contributed by atoms with Gasteiger partial charge in [0.25, 0.3) is 0 Å². The lowest BCUT2D eigenvalue weighted by Gasteiger charge is -2.20. The van der Waals surface area contributed by atoms with E-state index in [9.17, 15) is 5.11 Å². The van der Waals surface area contributed by atoms with E-state index in [1.54, 1.807) is 6.08 Å². The predicted molar refractivity (Wildman–Crippen MR) is 42.9 cm³/mol. The van der Waals surface area contributed by atoms with Crippen LogP contribution in [0.15, 0.2) is 23.8 Å². The number of hydrogen-bond acceptors (Lipinski definition) is 1. The van der Waals surface area contributed by atoms with Crippen molar-refractivity contribution >= 4 is 11.6 Å². The van der Waals surface area contributed by atoms with Gasteiger partial charge in [-0.25, -0.2) is 0 Å². The lowest BCUT2D eigenvalue weighted by molar-refractivity contribution is 0.0898. The Morgan fingerprint density at radius 1 is 1.90 bits per heavy atom. The highest BCUT2D eigenvalue weighted by atomic mass is 35.5. The van der Waals surface area contributed by atoms with Crippen LogP contribution in [0.25, 0.3) is 0 Å². The molecule has 1 nitrogen and oxygen atoms in total. The standard InChI is InChI=1S/C8H11ClO/c1-2-5-8(10)6-3-4-7(8)9/h2,4,10H,1,3,5-6H2. The van der Waals surface area contributed by atoms with Gasteiger partial charge in [-0.2, -0.15) is 0 Å². The van der Waals surface area contributed by atoms with Crippen molar-refractivity contribution in [2.75, 3.05) is 0 Å². The average molecular weight is 159 g/mol. The SMILES string of the molecule is C=CCC1(O)CCC=C1Cl. The Labute approximate surface area is 66.0 Å². The lowest BCUT2D eigenvalue weighted by Crippen LogP contribution is -2.24. The lowest BCUT2D eigenvalue weighted by atomic mass is 9.99. The van der Waals surface area contributed by atoms with E-state index in [-0.39, 0.29) is 0 Å². The van der Waals surface area contributed by atoms with E-state index in [2.05, 4.69) is 6.58 Å². The molecule has 1 N–H and O–H groups in total. The van der Waals surface area contributed by atoms with Gasteiger partial charge < -0.3 is 5.11 Å². The van der Waals surface area contributed by atoms with E-state index < -0.39 is 5.60 Å². The van der Waals surface area contributed by atoms with E-state index in [0.717, 1.165) is 12.8 Å². The molecule has 0 saturated heterocycles. The Morgan fingerprint density at radius 2 is 2.60 bits per heavy atom. The van der Waals surface area contributed by atoms with E-state index >= 15 is 0 Å². The molecule has 56 valence electrons. The molecule has 1 unspecified atom stereocenters. The molecule has 1 aliphatic carbocycles. The fourth-order valence-electron chi connectivity index (χ4n) is 1.19. The van der Waals surface area contributed by atoms with Crippen LogP contribution in [0.2, 0.25) is 0 Å². The maximum Gasteiger partial charge on any atom is 0.103 e. The van der Waals surface area contributed by atoms with Crippen LogP contribution in [0, 0.1) is 0 Å². The zero-order chi connectivity index (χ0) is 7.61. The highest BCUT2D eigenvalue weighted by molar-refractivity contribution is 6.30. The molecule has 0 aromatic carbocycles. The molecule has 0 aliphatic heterocycles. The van der Waals surface area contributed by atoms with Crippen molar-refractivity contribution in [3.05, 3.63) is 23.8 Å². The van der Waals surface area contributed by atoms with E-state index in [4.69, 9.17) is 11.6 Å². The normalized spacial score (nSPS) is 32.0. The molecule has 0 aromatic heterocycles. The van der Waals surface area contributed by atoms with Crippen molar-refractivity contribution < 1.29 is 5.11 Å². The zero-order valence-electron chi connectivity index (χ0n) is 5.81. The molecule has 2 heteroatoms. The van der Waals surface area contributed by atoms with Gasteiger partial charge in [0.15, 0.2) is 0 Å². The summed E-state index contributed by atoms with van der Waals surface area (Å²) in [6.07, 6.45) is 5.73. The van der Waals surface area contributed by atoms with Crippen LogP contribution in [0.4, 0.5) is 0 Å². The van der Waals surface area contributed by atoms with Crippen LogP contribution in [0.1, 0.15) is 19.3 Å². The van der Waals surface area contributed by atoms with Crippen LogP contribution in [0.5, 0.6) is 0 Å². The Hall–Kier alpha value is -0.270. The van der Waals surface area contributed by atoms with Crippen molar-refractivity contribution in [2.45, 2.75) is 24.9 Å². The van der Waals surface area contributed by atoms with Gasteiger partial charge in [-0.15, -0.1) is 6.58 Å². The van der Waals surface area contributed by atoms with Crippen molar-refractivity contribution in [1.82, 2.24) is 0 Å². The molecule has 0 amide bonds. The third-order valence-corrected chi connectivity index (χ3v) is 2.31. The van der Waals surface area contributed by atoms with Crippen molar-refractivity contribution in [3.63, 3.8) is 0 Å². The molecule has 0 radical (unpaired) electrons. The summed E-state index contributed by atoms with van der Waals surface area (Å²) in [4.78, 5) is 0. The summed E-state index contributed by atoms with van der Waals surface area (Å²) in [5, 5.41) is 10.3. The van der Waals surface area contributed by atoms with Gasteiger partial charge in [0.1, 0.15) is 5.60 Å². The van der Waals surface area contributed by atoms with Gasteiger partial charge in [0.05, 0.1) is 0 Å². The first-order chi connectivity index (χ1) is 4.69. The maximum atomic E-state index is 9.69. The van der Waals surface area contributed by atoms with Crippen LogP contribution >= 0.6 is 11.6 Å². The molecular weight excluding hydrogens is 148 g/mol. The number of hydrogen-bond donors (Lipinski definition) is 1. The smallest absolute Gasteiger partial charge is 0.103 e. The second-order valence-electron chi connectivity index (χ2n) is 2.62. The van der Waals surface area contributed by atoms with Crippen LogP contribution in [0.3, 0.4) is 0 Å². The molecule has 0 saturated carbocycles. The molecule has 0 spiro atoms. The zero-order valence-corrected chi connectivity index (χ0v) is 6.56. The Balaban J connectivity index is 2.68. The molecule has 0 heterocycles. The third-order valence-electron chi connectivity index (χ3n) is 1.81. The summed E-state index contributed by atoms with van der Waals surface area (Å²) in [5.41, 5.74) is -0.788. The second kappa shape index (κ2) is 2.77. The first-order valence-corrected chi connectivity index (χ1v) is 3.76. The second-order valence-corrected chi connectivity index (χ2v) is 3.02. The topological polar surface area (TPSA) is 20.2 Å². The average Bonchev–Trinajstić information content (AvgIpc) is 2.15. The number of aliphatic hydroxyl groups is 1. The van der Waals surface area contributed by atoms with Gasteiger partial charge in [-0.05, 0) is 19.3 Å². The molecule has 0 aromatic rings. The van der Waals surface area contributed by atoms with Crippen molar-refractivity contribution in [2.24, 2.45) is 0 Å². The molecule has 0 fully saturated rings. The summed E-state index contributed by atoms with van der Waals surface area (Å²) in [7, 11) is 0. The van der Waals surface area contributed by atoms with E-state index in [1.165, 1.54) is 0 Å². The predicted octanol–water partition coefficient (Wildman–Crippen LogP) is 2.21. The van der Waals surface area contributed by atoms with Gasteiger partial charge >= 0.3 is 0 Å².